The third-order valence-electron chi connectivity index (χ3n) is 3.43. The lowest BCUT2D eigenvalue weighted by Gasteiger charge is -2.11. The van der Waals surface area contributed by atoms with E-state index in [4.69, 9.17) is 4.74 Å². The van der Waals surface area contributed by atoms with E-state index in [9.17, 15) is 4.79 Å². The van der Waals surface area contributed by atoms with Gasteiger partial charge in [-0.3, -0.25) is 9.36 Å². The lowest BCUT2D eigenvalue weighted by atomic mass is 10.3. The van der Waals surface area contributed by atoms with E-state index in [1.54, 1.807) is 30.0 Å². The first-order valence-electron chi connectivity index (χ1n) is 7.29. The molecule has 0 N–H and O–H groups in total. The highest BCUT2D eigenvalue weighted by Crippen LogP contribution is 2.18. The van der Waals surface area contributed by atoms with Crippen LogP contribution in [0.1, 0.15) is 19.9 Å². The highest BCUT2D eigenvalue weighted by Gasteiger charge is 2.10. The van der Waals surface area contributed by atoms with Crippen LogP contribution in [0.2, 0.25) is 0 Å². The summed E-state index contributed by atoms with van der Waals surface area (Å²) >= 11 is 1.41. The number of aromatic nitrogens is 2. The van der Waals surface area contributed by atoms with Gasteiger partial charge in [0, 0.05) is 12.2 Å². The molecule has 0 unspecified atom stereocenters. The summed E-state index contributed by atoms with van der Waals surface area (Å²) in [6, 6.07) is 11.0. The van der Waals surface area contributed by atoms with Crippen molar-refractivity contribution in [2.24, 2.45) is 4.99 Å². The van der Waals surface area contributed by atoms with Gasteiger partial charge in [-0.1, -0.05) is 11.3 Å². The fourth-order valence-corrected chi connectivity index (χ4v) is 3.38. The summed E-state index contributed by atoms with van der Waals surface area (Å²) in [6.07, 6.45) is 1.69. The van der Waals surface area contributed by atoms with Crippen molar-refractivity contribution in [3.05, 3.63) is 57.8 Å². The zero-order valence-electron chi connectivity index (χ0n) is 13.2. The Hall–Kier alpha value is -2.47. The fourth-order valence-electron chi connectivity index (χ4n) is 2.29. The SMILES string of the molecule is COc1ccc(N=c2sc3ncccc3c(=O)n2C(C)C)cc1. The van der Waals surface area contributed by atoms with Crippen molar-refractivity contribution in [3.8, 4) is 5.75 Å². The van der Waals surface area contributed by atoms with Gasteiger partial charge in [0.2, 0.25) is 0 Å². The fraction of sp³-hybridized carbons (Fsp3) is 0.235. The summed E-state index contributed by atoms with van der Waals surface area (Å²) in [4.78, 5) is 23.0. The molecule has 0 aliphatic rings. The molecule has 0 saturated heterocycles. The van der Waals surface area contributed by atoms with Crippen LogP contribution >= 0.6 is 11.3 Å². The topological polar surface area (TPSA) is 56.5 Å². The molecule has 3 aromatic rings. The molecule has 0 saturated carbocycles. The highest BCUT2D eigenvalue weighted by atomic mass is 32.1. The lowest BCUT2D eigenvalue weighted by Crippen LogP contribution is -2.33. The van der Waals surface area contributed by atoms with E-state index in [2.05, 4.69) is 9.98 Å². The third kappa shape index (κ3) is 3.03. The first-order chi connectivity index (χ1) is 11.1. The van der Waals surface area contributed by atoms with Crippen molar-refractivity contribution in [2.45, 2.75) is 19.9 Å². The van der Waals surface area contributed by atoms with Gasteiger partial charge >= 0.3 is 0 Å². The summed E-state index contributed by atoms with van der Waals surface area (Å²) in [6.45, 7) is 3.95. The van der Waals surface area contributed by atoms with Gasteiger partial charge in [0.15, 0.2) is 4.80 Å². The third-order valence-corrected chi connectivity index (χ3v) is 4.42. The van der Waals surface area contributed by atoms with Crippen LogP contribution in [0.5, 0.6) is 5.75 Å². The first-order valence-corrected chi connectivity index (χ1v) is 8.11. The number of benzene rings is 1. The minimum Gasteiger partial charge on any atom is -0.497 e. The van der Waals surface area contributed by atoms with E-state index in [1.807, 2.05) is 38.1 Å². The van der Waals surface area contributed by atoms with Crippen LogP contribution in [0.15, 0.2) is 52.4 Å². The quantitative estimate of drug-likeness (QED) is 0.742. The molecule has 0 fully saturated rings. The van der Waals surface area contributed by atoms with Gasteiger partial charge in [-0.15, -0.1) is 0 Å². The maximum atomic E-state index is 12.7. The zero-order valence-corrected chi connectivity index (χ0v) is 14.0. The Morgan fingerprint density at radius 2 is 1.96 bits per heavy atom. The molecule has 2 aromatic heterocycles. The molecule has 2 heterocycles. The number of methoxy groups -OCH3 is 1. The Kier molecular flexibility index (Phi) is 4.25. The lowest BCUT2D eigenvalue weighted by molar-refractivity contribution is 0.415. The second kappa shape index (κ2) is 6.34. The van der Waals surface area contributed by atoms with Crippen LogP contribution in [-0.4, -0.2) is 16.7 Å². The molecule has 0 amide bonds. The molecule has 0 aliphatic heterocycles. The van der Waals surface area contributed by atoms with Crippen molar-refractivity contribution in [1.29, 1.82) is 0 Å². The number of fused-ring (bicyclic) bond motifs is 1. The zero-order chi connectivity index (χ0) is 16.4. The molecule has 0 aliphatic carbocycles. The maximum Gasteiger partial charge on any atom is 0.263 e. The van der Waals surface area contributed by atoms with Crippen LogP contribution in [0.4, 0.5) is 5.69 Å². The second-order valence-electron chi connectivity index (χ2n) is 5.32. The Bertz CT molecular complexity index is 956. The smallest absolute Gasteiger partial charge is 0.263 e. The number of rotatable bonds is 3. The molecule has 0 atom stereocenters. The van der Waals surface area contributed by atoms with E-state index in [0.29, 0.717) is 15.0 Å². The summed E-state index contributed by atoms with van der Waals surface area (Å²) in [5.41, 5.74) is 0.709. The molecular weight excluding hydrogens is 310 g/mol. The standard InChI is InChI=1S/C17H17N3O2S/c1-11(2)20-16(21)14-5-4-10-18-15(14)23-17(20)19-12-6-8-13(22-3)9-7-12/h4-11H,1-3H3. The van der Waals surface area contributed by atoms with Gasteiger partial charge in [-0.25, -0.2) is 9.98 Å². The van der Waals surface area contributed by atoms with Gasteiger partial charge in [0.25, 0.3) is 5.56 Å². The van der Waals surface area contributed by atoms with Crippen LogP contribution in [0.25, 0.3) is 10.2 Å². The molecule has 23 heavy (non-hydrogen) atoms. The van der Waals surface area contributed by atoms with Gasteiger partial charge in [0.1, 0.15) is 10.6 Å². The number of pyridine rings is 1. The van der Waals surface area contributed by atoms with E-state index in [0.717, 1.165) is 11.4 Å². The van der Waals surface area contributed by atoms with Crippen molar-refractivity contribution in [1.82, 2.24) is 9.55 Å². The van der Waals surface area contributed by atoms with Crippen molar-refractivity contribution in [3.63, 3.8) is 0 Å². The summed E-state index contributed by atoms with van der Waals surface area (Å²) in [5, 5.41) is 0.625. The van der Waals surface area contributed by atoms with E-state index in [-0.39, 0.29) is 11.6 Å². The average Bonchev–Trinajstić information content (AvgIpc) is 2.55. The molecular formula is C17H17N3O2S. The number of nitrogens with zero attached hydrogens (tertiary/aromatic N) is 3. The number of hydrogen-bond acceptors (Lipinski definition) is 5. The van der Waals surface area contributed by atoms with Crippen LogP contribution in [-0.2, 0) is 0 Å². The molecule has 5 nitrogen and oxygen atoms in total. The molecule has 0 bridgehead atoms. The van der Waals surface area contributed by atoms with Crippen LogP contribution in [0.3, 0.4) is 0 Å². The predicted octanol–water partition coefficient (Wildman–Crippen LogP) is 3.28. The number of ether oxygens (including phenoxy) is 1. The molecule has 3 rings (SSSR count). The van der Waals surface area contributed by atoms with Crippen molar-refractivity contribution >= 4 is 27.2 Å². The minimum atomic E-state index is -0.0610. The first kappa shape index (κ1) is 15.4. The van der Waals surface area contributed by atoms with Gasteiger partial charge < -0.3 is 4.74 Å². The molecule has 118 valence electrons. The Balaban J connectivity index is 2.28. The van der Waals surface area contributed by atoms with Crippen LogP contribution < -0.4 is 15.1 Å². The summed E-state index contributed by atoms with van der Waals surface area (Å²) in [5.74, 6) is 0.772. The maximum absolute atomic E-state index is 12.7. The van der Waals surface area contributed by atoms with Crippen LogP contribution in [0, 0.1) is 0 Å². The van der Waals surface area contributed by atoms with Gasteiger partial charge in [-0.2, -0.15) is 0 Å². The summed E-state index contributed by atoms with van der Waals surface area (Å²) < 4.78 is 6.86. The van der Waals surface area contributed by atoms with Gasteiger partial charge in [0.05, 0.1) is 18.2 Å². The Morgan fingerprint density at radius 1 is 1.22 bits per heavy atom. The minimum absolute atomic E-state index is 0.0142. The molecule has 1 aromatic carbocycles. The highest BCUT2D eigenvalue weighted by molar-refractivity contribution is 7.15. The van der Waals surface area contributed by atoms with Gasteiger partial charge in [-0.05, 0) is 50.2 Å². The average molecular weight is 327 g/mol. The predicted molar refractivity (Wildman–Crippen MR) is 92.5 cm³/mol. The normalized spacial score (nSPS) is 12.1. The Morgan fingerprint density at radius 3 is 2.61 bits per heavy atom. The van der Waals surface area contributed by atoms with E-state index in [1.165, 1.54) is 11.3 Å². The van der Waals surface area contributed by atoms with E-state index < -0.39 is 0 Å². The second-order valence-corrected chi connectivity index (χ2v) is 6.28. The molecule has 0 spiro atoms. The number of hydrogen-bond donors (Lipinski definition) is 0. The molecule has 6 heteroatoms. The monoisotopic (exact) mass is 327 g/mol. The van der Waals surface area contributed by atoms with Crippen molar-refractivity contribution < 1.29 is 4.74 Å². The Labute approximate surface area is 137 Å². The largest absolute Gasteiger partial charge is 0.497 e. The van der Waals surface area contributed by atoms with Crippen molar-refractivity contribution in [2.75, 3.05) is 7.11 Å². The van der Waals surface area contributed by atoms with E-state index >= 15 is 0 Å². The summed E-state index contributed by atoms with van der Waals surface area (Å²) in [7, 11) is 1.62. The molecule has 0 radical (unpaired) electrons.